The quantitative estimate of drug-likeness (QED) is 0.712. The topological polar surface area (TPSA) is 70.6 Å². The molecule has 0 unspecified atom stereocenters. The van der Waals surface area contributed by atoms with E-state index < -0.39 is 0 Å². The van der Waals surface area contributed by atoms with Crippen LogP contribution in [0.2, 0.25) is 0 Å². The van der Waals surface area contributed by atoms with Gasteiger partial charge in [0, 0.05) is 17.6 Å². The fraction of sp³-hybridized carbons (Fsp3) is 0.500. The second-order valence-corrected chi connectivity index (χ2v) is 5.44. The minimum Gasteiger partial charge on any atom is -0.492 e. The van der Waals surface area contributed by atoms with E-state index in [1.807, 2.05) is 19.9 Å². The molecular weight excluding hydrogens is 324 g/mol. The predicted octanol–water partition coefficient (Wildman–Crippen LogP) is 2.99. The van der Waals surface area contributed by atoms with Crippen LogP contribution in [-0.2, 0) is 0 Å². The Hall–Kier alpha value is -1.27. The largest absolute Gasteiger partial charge is 0.492 e. The molecule has 0 saturated carbocycles. The summed E-state index contributed by atoms with van der Waals surface area (Å²) in [5.41, 5.74) is 0.619. The second kappa shape index (κ2) is 8.81. The maximum Gasteiger partial charge on any atom is 0.319 e. The number of halogens is 1. The summed E-state index contributed by atoms with van der Waals surface area (Å²) in [6.07, 6.45) is 0.668. The highest BCUT2D eigenvalue weighted by atomic mass is 79.9. The molecule has 2 amide bonds. The summed E-state index contributed by atoms with van der Waals surface area (Å²) in [5, 5.41) is 14.4. The number of aliphatic hydroxyl groups excluding tert-OH is 1. The molecule has 0 bridgehead atoms. The van der Waals surface area contributed by atoms with Crippen molar-refractivity contribution in [2.24, 2.45) is 5.92 Å². The Kier molecular flexibility index (Phi) is 7.40. The molecule has 0 aliphatic carbocycles. The van der Waals surface area contributed by atoms with Crippen molar-refractivity contribution in [1.82, 2.24) is 5.32 Å². The van der Waals surface area contributed by atoms with Crippen LogP contribution >= 0.6 is 15.9 Å². The van der Waals surface area contributed by atoms with Crippen LogP contribution in [0.15, 0.2) is 22.7 Å². The van der Waals surface area contributed by atoms with Crippen molar-refractivity contribution in [1.29, 1.82) is 0 Å². The first kappa shape index (κ1) is 16.8. The molecule has 112 valence electrons. The summed E-state index contributed by atoms with van der Waals surface area (Å²) >= 11 is 3.37. The number of urea groups is 1. The van der Waals surface area contributed by atoms with Gasteiger partial charge in [-0.25, -0.2) is 4.79 Å². The molecular formula is C14H21BrN2O3. The Bertz CT molecular complexity index is 440. The van der Waals surface area contributed by atoms with E-state index in [1.54, 1.807) is 12.1 Å². The van der Waals surface area contributed by atoms with Gasteiger partial charge in [0.05, 0.1) is 12.3 Å². The third-order valence-corrected chi connectivity index (χ3v) is 3.22. The highest BCUT2D eigenvalue weighted by Gasteiger charge is 2.09. The second-order valence-electron chi connectivity index (χ2n) is 4.53. The molecule has 0 aromatic heterocycles. The highest BCUT2D eigenvalue weighted by Crippen LogP contribution is 2.28. The van der Waals surface area contributed by atoms with Crippen molar-refractivity contribution < 1.29 is 14.6 Å². The summed E-state index contributed by atoms with van der Waals surface area (Å²) < 4.78 is 6.33. The van der Waals surface area contributed by atoms with Crippen LogP contribution in [0.5, 0.6) is 5.75 Å². The van der Waals surface area contributed by atoms with Crippen molar-refractivity contribution in [2.45, 2.75) is 20.3 Å². The summed E-state index contributed by atoms with van der Waals surface area (Å²) in [7, 11) is 0. The molecule has 1 atom stereocenters. The fourth-order valence-corrected chi connectivity index (χ4v) is 2.00. The normalized spacial score (nSPS) is 11.8. The molecule has 20 heavy (non-hydrogen) atoms. The van der Waals surface area contributed by atoms with Crippen LogP contribution in [0.4, 0.5) is 10.5 Å². The molecule has 5 nitrogen and oxygen atoms in total. The third kappa shape index (κ3) is 5.79. The molecule has 6 heteroatoms. The summed E-state index contributed by atoms with van der Waals surface area (Å²) in [6, 6.07) is 5.17. The summed E-state index contributed by atoms with van der Waals surface area (Å²) in [4.78, 5) is 11.8. The molecule has 1 aromatic carbocycles. The Balaban J connectivity index is 2.58. The lowest BCUT2D eigenvalue weighted by Crippen LogP contribution is -2.32. The van der Waals surface area contributed by atoms with Crippen LogP contribution in [0, 0.1) is 5.92 Å². The number of amides is 2. The molecule has 0 aliphatic heterocycles. The minimum atomic E-state index is -0.283. The van der Waals surface area contributed by atoms with E-state index in [0.29, 0.717) is 31.0 Å². The van der Waals surface area contributed by atoms with E-state index in [0.717, 1.165) is 4.47 Å². The number of benzene rings is 1. The first-order valence-electron chi connectivity index (χ1n) is 6.64. The first-order valence-corrected chi connectivity index (χ1v) is 7.44. The van der Waals surface area contributed by atoms with Gasteiger partial charge in [0.2, 0.25) is 0 Å². The lowest BCUT2D eigenvalue weighted by molar-refractivity contribution is 0.243. The number of carbonyl (C=O) groups is 1. The maximum atomic E-state index is 11.8. The van der Waals surface area contributed by atoms with Gasteiger partial charge in [-0.3, -0.25) is 0 Å². The first-order chi connectivity index (χ1) is 9.56. The molecule has 0 saturated heterocycles. The monoisotopic (exact) mass is 344 g/mol. The Morgan fingerprint density at radius 1 is 1.50 bits per heavy atom. The van der Waals surface area contributed by atoms with Gasteiger partial charge in [-0.15, -0.1) is 0 Å². The number of carbonyl (C=O) groups excluding carboxylic acids is 1. The molecule has 0 spiro atoms. The van der Waals surface area contributed by atoms with Gasteiger partial charge in [-0.05, 0) is 37.5 Å². The SMILES string of the molecule is CCOc1ccc(Br)cc1NC(=O)NC[C@@H](C)CCO. The van der Waals surface area contributed by atoms with E-state index in [9.17, 15) is 4.79 Å². The van der Waals surface area contributed by atoms with E-state index in [4.69, 9.17) is 9.84 Å². The number of ether oxygens (including phenoxy) is 1. The third-order valence-electron chi connectivity index (χ3n) is 2.72. The predicted molar refractivity (Wildman–Crippen MR) is 83.2 cm³/mol. The van der Waals surface area contributed by atoms with Gasteiger partial charge < -0.3 is 20.5 Å². The van der Waals surface area contributed by atoms with Crippen molar-refractivity contribution >= 4 is 27.6 Å². The zero-order chi connectivity index (χ0) is 15.0. The van der Waals surface area contributed by atoms with E-state index in [1.165, 1.54) is 0 Å². The molecule has 0 radical (unpaired) electrons. The van der Waals surface area contributed by atoms with E-state index in [2.05, 4.69) is 26.6 Å². The van der Waals surface area contributed by atoms with Gasteiger partial charge in [-0.1, -0.05) is 22.9 Å². The number of aliphatic hydroxyl groups is 1. The van der Waals surface area contributed by atoms with Gasteiger partial charge in [0.15, 0.2) is 0 Å². The van der Waals surface area contributed by atoms with E-state index >= 15 is 0 Å². The maximum absolute atomic E-state index is 11.8. The zero-order valence-electron chi connectivity index (χ0n) is 11.8. The molecule has 0 fully saturated rings. The summed E-state index contributed by atoms with van der Waals surface area (Å²) in [5.74, 6) is 0.869. The summed E-state index contributed by atoms with van der Waals surface area (Å²) in [6.45, 7) is 5.05. The molecule has 3 N–H and O–H groups in total. The Morgan fingerprint density at radius 2 is 2.25 bits per heavy atom. The van der Waals surface area contributed by atoms with Gasteiger partial charge >= 0.3 is 6.03 Å². The Morgan fingerprint density at radius 3 is 2.90 bits per heavy atom. The number of hydrogen-bond donors (Lipinski definition) is 3. The van der Waals surface area contributed by atoms with Gasteiger partial charge in [-0.2, -0.15) is 0 Å². The van der Waals surface area contributed by atoms with Crippen LogP contribution in [0.25, 0.3) is 0 Å². The van der Waals surface area contributed by atoms with Crippen molar-refractivity contribution in [2.75, 3.05) is 25.1 Å². The van der Waals surface area contributed by atoms with Crippen molar-refractivity contribution in [3.63, 3.8) is 0 Å². The number of anilines is 1. The highest BCUT2D eigenvalue weighted by molar-refractivity contribution is 9.10. The minimum absolute atomic E-state index is 0.130. The zero-order valence-corrected chi connectivity index (χ0v) is 13.4. The average molecular weight is 345 g/mol. The van der Waals surface area contributed by atoms with Crippen molar-refractivity contribution in [3.05, 3.63) is 22.7 Å². The fourth-order valence-electron chi connectivity index (χ4n) is 1.64. The van der Waals surface area contributed by atoms with Crippen LogP contribution in [-0.4, -0.2) is 30.9 Å². The molecule has 0 heterocycles. The number of nitrogens with one attached hydrogen (secondary N) is 2. The van der Waals surface area contributed by atoms with Crippen LogP contribution in [0.1, 0.15) is 20.3 Å². The number of hydrogen-bond acceptors (Lipinski definition) is 3. The smallest absolute Gasteiger partial charge is 0.319 e. The standard InChI is InChI=1S/C14H21BrN2O3/c1-3-20-13-5-4-11(15)8-12(13)17-14(19)16-9-10(2)6-7-18/h4-5,8,10,18H,3,6-7,9H2,1-2H3,(H2,16,17,19)/t10-/m0/s1. The lowest BCUT2D eigenvalue weighted by Gasteiger charge is -2.14. The molecule has 1 rings (SSSR count). The average Bonchev–Trinajstić information content (AvgIpc) is 2.40. The van der Waals surface area contributed by atoms with Gasteiger partial charge in [0.1, 0.15) is 5.75 Å². The number of rotatable bonds is 7. The van der Waals surface area contributed by atoms with Crippen LogP contribution < -0.4 is 15.4 Å². The Labute approximate surface area is 127 Å². The molecule has 1 aromatic rings. The van der Waals surface area contributed by atoms with Gasteiger partial charge in [0.25, 0.3) is 0 Å². The van der Waals surface area contributed by atoms with E-state index in [-0.39, 0.29) is 18.6 Å². The molecule has 0 aliphatic rings. The lowest BCUT2D eigenvalue weighted by atomic mass is 10.1. The van der Waals surface area contributed by atoms with Crippen molar-refractivity contribution in [3.8, 4) is 5.75 Å². The van der Waals surface area contributed by atoms with Crippen LogP contribution in [0.3, 0.4) is 0 Å².